The summed E-state index contributed by atoms with van der Waals surface area (Å²) in [6, 6.07) is 5.45. The van der Waals surface area contributed by atoms with E-state index in [1.54, 1.807) is 12.1 Å². The standard InChI is InChI=1S/C15H23NO2S/c1-10(14-8-5-12(17)9-15(14)18)16-11-3-6-13(19-2)7-4-11/h5,8-11,13,16-18H,3-4,6-7H2,1-2H3. The van der Waals surface area contributed by atoms with Crippen LogP contribution in [-0.4, -0.2) is 27.8 Å². The van der Waals surface area contributed by atoms with E-state index in [0.717, 1.165) is 10.8 Å². The Labute approximate surface area is 119 Å². The van der Waals surface area contributed by atoms with E-state index >= 15 is 0 Å². The summed E-state index contributed by atoms with van der Waals surface area (Å²) in [5, 5.41) is 23.6. The second-order valence-corrected chi connectivity index (χ2v) is 6.48. The van der Waals surface area contributed by atoms with Gasteiger partial charge in [-0.15, -0.1) is 0 Å². The quantitative estimate of drug-likeness (QED) is 0.791. The van der Waals surface area contributed by atoms with Crippen molar-refractivity contribution in [2.24, 2.45) is 0 Å². The number of rotatable bonds is 4. The Kier molecular flexibility index (Phi) is 4.99. The van der Waals surface area contributed by atoms with E-state index in [1.807, 2.05) is 11.8 Å². The van der Waals surface area contributed by atoms with Gasteiger partial charge in [0.15, 0.2) is 0 Å². The van der Waals surface area contributed by atoms with Crippen molar-refractivity contribution in [3.63, 3.8) is 0 Å². The zero-order valence-electron chi connectivity index (χ0n) is 11.6. The van der Waals surface area contributed by atoms with Gasteiger partial charge in [-0.1, -0.05) is 6.07 Å². The van der Waals surface area contributed by atoms with Crippen LogP contribution in [-0.2, 0) is 0 Å². The van der Waals surface area contributed by atoms with E-state index in [1.165, 1.54) is 31.7 Å². The molecule has 1 aliphatic rings. The van der Waals surface area contributed by atoms with Gasteiger partial charge in [-0.3, -0.25) is 0 Å². The highest BCUT2D eigenvalue weighted by atomic mass is 32.2. The Hall–Kier alpha value is -0.870. The number of nitrogens with one attached hydrogen (secondary N) is 1. The molecule has 3 N–H and O–H groups in total. The third kappa shape index (κ3) is 3.80. The Morgan fingerprint density at radius 3 is 2.47 bits per heavy atom. The number of aromatic hydroxyl groups is 2. The Morgan fingerprint density at radius 2 is 1.89 bits per heavy atom. The molecule has 0 saturated heterocycles. The van der Waals surface area contributed by atoms with Crippen LogP contribution in [0.3, 0.4) is 0 Å². The van der Waals surface area contributed by atoms with Crippen LogP contribution in [0.25, 0.3) is 0 Å². The second kappa shape index (κ2) is 6.53. The lowest BCUT2D eigenvalue weighted by molar-refractivity contribution is 0.346. The van der Waals surface area contributed by atoms with Gasteiger partial charge in [-0.2, -0.15) is 11.8 Å². The monoisotopic (exact) mass is 281 g/mol. The van der Waals surface area contributed by atoms with Crippen LogP contribution < -0.4 is 5.32 Å². The highest BCUT2D eigenvalue weighted by Crippen LogP contribution is 2.31. The first-order valence-corrected chi connectivity index (χ1v) is 8.19. The van der Waals surface area contributed by atoms with Gasteiger partial charge in [0, 0.05) is 29.0 Å². The van der Waals surface area contributed by atoms with Crippen molar-refractivity contribution >= 4 is 11.8 Å². The van der Waals surface area contributed by atoms with Gasteiger partial charge in [0.05, 0.1) is 0 Å². The maximum absolute atomic E-state index is 9.87. The van der Waals surface area contributed by atoms with E-state index in [-0.39, 0.29) is 17.5 Å². The second-order valence-electron chi connectivity index (χ2n) is 5.34. The number of phenolic OH excluding ortho intramolecular Hbond substituents is 2. The van der Waals surface area contributed by atoms with Crippen LogP contribution in [0, 0.1) is 0 Å². The maximum Gasteiger partial charge on any atom is 0.124 e. The Bertz CT molecular complexity index is 417. The molecule has 0 aliphatic heterocycles. The third-order valence-electron chi connectivity index (χ3n) is 3.97. The number of phenols is 2. The molecule has 1 saturated carbocycles. The summed E-state index contributed by atoms with van der Waals surface area (Å²) < 4.78 is 0. The minimum Gasteiger partial charge on any atom is -0.508 e. The summed E-state index contributed by atoms with van der Waals surface area (Å²) in [7, 11) is 0. The smallest absolute Gasteiger partial charge is 0.124 e. The molecule has 0 spiro atoms. The van der Waals surface area contributed by atoms with Gasteiger partial charge in [0.25, 0.3) is 0 Å². The van der Waals surface area contributed by atoms with Gasteiger partial charge in [-0.05, 0) is 44.9 Å². The molecule has 1 aromatic carbocycles. The van der Waals surface area contributed by atoms with E-state index < -0.39 is 0 Å². The van der Waals surface area contributed by atoms with Crippen molar-refractivity contribution in [2.75, 3.05) is 6.26 Å². The largest absolute Gasteiger partial charge is 0.508 e. The molecule has 1 aromatic rings. The zero-order chi connectivity index (χ0) is 13.8. The summed E-state index contributed by atoms with van der Waals surface area (Å²) in [5.41, 5.74) is 0.852. The van der Waals surface area contributed by atoms with Gasteiger partial charge in [-0.25, -0.2) is 0 Å². The number of hydrogen-bond donors (Lipinski definition) is 3. The molecule has 0 amide bonds. The summed E-state index contributed by atoms with van der Waals surface area (Å²) in [6.07, 6.45) is 7.14. The number of hydrogen-bond acceptors (Lipinski definition) is 4. The van der Waals surface area contributed by atoms with Crippen LogP contribution in [0.15, 0.2) is 18.2 Å². The van der Waals surface area contributed by atoms with Crippen molar-refractivity contribution in [1.82, 2.24) is 5.32 Å². The maximum atomic E-state index is 9.87. The van der Waals surface area contributed by atoms with Crippen molar-refractivity contribution in [2.45, 2.75) is 49.9 Å². The molecule has 0 heterocycles. The molecule has 1 atom stereocenters. The van der Waals surface area contributed by atoms with E-state index in [9.17, 15) is 10.2 Å². The van der Waals surface area contributed by atoms with Gasteiger partial charge in [0.1, 0.15) is 11.5 Å². The third-order valence-corrected chi connectivity index (χ3v) is 5.11. The first kappa shape index (κ1) is 14.5. The van der Waals surface area contributed by atoms with Crippen molar-refractivity contribution in [3.8, 4) is 11.5 Å². The van der Waals surface area contributed by atoms with Gasteiger partial charge >= 0.3 is 0 Å². The summed E-state index contributed by atoms with van der Waals surface area (Å²) in [5.74, 6) is 0.270. The van der Waals surface area contributed by atoms with Crippen molar-refractivity contribution in [1.29, 1.82) is 0 Å². The predicted octanol–water partition coefficient (Wildman–Crippen LogP) is 3.42. The lowest BCUT2D eigenvalue weighted by Gasteiger charge is -2.30. The summed E-state index contributed by atoms with van der Waals surface area (Å²) >= 11 is 1.97. The predicted molar refractivity (Wildman–Crippen MR) is 80.9 cm³/mol. The molecule has 0 aromatic heterocycles. The first-order chi connectivity index (χ1) is 9.10. The van der Waals surface area contributed by atoms with Crippen LogP contribution in [0.4, 0.5) is 0 Å². The SMILES string of the molecule is CSC1CCC(NC(C)c2ccc(O)cc2O)CC1. The summed E-state index contributed by atoms with van der Waals surface area (Å²) in [4.78, 5) is 0. The van der Waals surface area contributed by atoms with E-state index in [2.05, 4.69) is 18.5 Å². The molecule has 106 valence electrons. The minimum absolute atomic E-state index is 0.105. The summed E-state index contributed by atoms with van der Waals surface area (Å²) in [6.45, 7) is 2.06. The fourth-order valence-electron chi connectivity index (χ4n) is 2.81. The normalized spacial score (nSPS) is 25.2. The molecule has 19 heavy (non-hydrogen) atoms. The fraction of sp³-hybridized carbons (Fsp3) is 0.600. The molecule has 0 radical (unpaired) electrons. The van der Waals surface area contributed by atoms with Crippen LogP contribution in [0.5, 0.6) is 11.5 Å². The lowest BCUT2D eigenvalue weighted by Crippen LogP contribution is -2.35. The number of benzene rings is 1. The molecule has 4 heteroatoms. The van der Waals surface area contributed by atoms with E-state index in [0.29, 0.717) is 6.04 Å². The minimum atomic E-state index is 0.105. The average Bonchev–Trinajstić information content (AvgIpc) is 2.39. The lowest BCUT2D eigenvalue weighted by atomic mass is 9.93. The first-order valence-electron chi connectivity index (χ1n) is 6.91. The number of thioether (sulfide) groups is 1. The molecule has 1 fully saturated rings. The molecular weight excluding hydrogens is 258 g/mol. The van der Waals surface area contributed by atoms with Crippen LogP contribution in [0.1, 0.15) is 44.2 Å². The molecule has 2 rings (SSSR count). The van der Waals surface area contributed by atoms with Gasteiger partial charge in [0.2, 0.25) is 0 Å². The molecule has 3 nitrogen and oxygen atoms in total. The molecular formula is C15H23NO2S. The highest BCUT2D eigenvalue weighted by molar-refractivity contribution is 7.99. The topological polar surface area (TPSA) is 52.5 Å². The van der Waals surface area contributed by atoms with Crippen molar-refractivity contribution in [3.05, 3.63) is 23.8 Å². The highest BCUT2D eigenvalue weighted by Gasteiger charge is 2.22. The Morgan fingerprint density at radius 1 is 1.21 bits per heavy atom. The average molecular weight is 281 g/mol. The Balaban J connectivity index is 1.92. The fourth-order valence-corrected chi connectivity index (χ4v) is 3.55. The van der Waals surface area contributed by atoms with E-state index in [4.69, 9.17) is 0 Å². The molecule has 0 bridgehead atoms. The van der Waals surface area contributed by atoms with Gasteiger partial charge < -0.3 is 15.5 Å². The molecule has 1 aliphatic carbocycles. The van der Waals surface area contributed by atoms with Crippen molar-refractivity contribution < 1.29 is 10.2 Å². The zero-order valence-corrected chi connectivity index (χ0v) is 12.4. The van der Waals surface area contributed by atoms with Crippen LogP contribution in [0.2, 0.25) is 0 Å². The van der Waals surface area contributed by atoms with Crippen LogP contribution >= 0.6 is 11.8 Å². The molecule has 1 unspecified atom stereocenters.